The number of thiazole rings is 1. The average Bonchev–Trinajstić information content (AvgIpc) is 3.16. The smallest absolute Gasteiger partial charge is 0.258 e. The Labute approximate surface area is 142 Å². The summed E-state index contributed by atoms with van der Waals surface area (Å²) in [7, 11) is 1.91. The molecule has 0 radical (unpaired) electrons. The quantitative estimate of drug-likeness (QED) is 0.643. The van der Waals surface area contributed by atoms with E-state index in [0.717, 1.165) is 0 Å². The molecule has 1 unspecified atom stereocenters. The van der Waals surface area contributed by atoms with Gasteiger partial charge in [0, 0.05) is 30.8 Å². The van der Waals surface area contributed by atoms with E-state index >= 15 is 0 Å². The maximum atomic E-state index is 12.0. The molecule has 24 heavy (non-hydrogen) atoms. The molecular formula is C15H19N5O3S. The van der Waals surface area contributed by atoms with Crippen molar-refractivity contribution in [3.8, 4) is 0 Å². The summed E-state index contributed by atoms with van der Waals surface area (Å²) >= 11 is 1.44. The molecule has 0 fully saturated rings. The second-order valence-electron chi connectivity index (χ2n) is 5.46. The van der Waals surface area contributed by atoms with Crippen molar-refractivity contribution in [2.75, 3.05) is 13.7 Å². The second-order valence-corrected chi connectivity index (χ2v) is 6.33. The first-order valence-electron chi connectivity index (χ1n) is 7.65. The highest BCUT2D eigenvalue weighted by Crippen LogP contribution is 2.14. The summed E-state index contributed by atoms with van der Waals surface area (Å²) in [6, 6.07) is 1.55. The molecule has 3 rings (SSSR count). The molecule has 0 aliphatic rings. The summed E-state index contributed by atoms with van der Waals surface area (Å²) in [4.78, 5) is 23.5. The first-order chi connectivity index (χ1) is 11.6. The summed E-state index contributed by atoms with van der Waals surface area (Å²) in [5.41, 5.74) is 0.641. The van der Waals surface area contributed by atoms with Gasteiger partial charge in [0.15, 0.2) is 10.8 Å². The zero-order valence-electron chi connectivity index (χ0n) is 13.8. The molecule has 0 aliphatic carbocycles. The van der Waals surface area contributed by atoms with Crippen LogP contribution >= 0.6 is 11.3 Å². The molecule has 0 aromatic carbocycles. The Kier molecular flexibility index (Phi) is 5.03. The van der Waals surface area contributed by atoms with Gasteiger partial charge in [-0.3, -0.25) is 14.1 Å². The molecule has 0 spiro atoms. The zero-order chi connectivity index (χ0) is 17.1. The van der Waals surface area contributed by atoms with Gasteiger partial charge in [-0.1, -0.05) is 5.16 Å². The maximum absolute atomic E-state index is 12.0. The van der Waals surface area contributed by atoms with E-state index in [-0.39, 0.29) is 11.7 Å². The van der Waals surface area contributed by atoms with E-state index in [1.165, 1.54) is 15.7 Å². The summed E-state index contributed by atoms with van der Waals surface area (Å²) in [5.74, 6) is 1.05. The van der Waals surface area contributed by atoms with Crippen molar-refractivity contribution in [2.24, 2.45) is 0 Å². The van der Waals surface area contributed by atoms with Crippen molar-refractivity contribution in [3.05, 3.63) is 45.4 Å². The molecular weight excluding hydrogens is 330 g/mol. The number of ether oxygens (including phenoxy) is 1. The van der Waals surface area contributed by atoms with Gasteiger partial charge in [-0.15, -0.1) is 11.3 Å². The minimum Gasteiger partial charge on any atom is -0.371 e. The second kappa shape index (κ2) is 7.20. The zero-order valence-corrected chi connectivity index (χ0v) is 14.6. The van der Waals surface area contributed by atoms with Gasteiger partial charge < -0.3 is 9.26 Å². The number of hydrogen-bond donors (Lipinski definition) is 0. The third kappa shape index (κ3) is 3.69. The monoisotopic (exact) mass is 349 g/mol. The van der Waals surface area contributed by atoms with Crippen LogP contribution in [0.25, 0.3) is 4.96 Å². The molecule has 0 aliphatic heterocycles. The SMILES string of the molecule is CCOC(C)c1noc(CN(C)Cc2cc(=O)n3ccsc3n2)n1. The molecule has 3 heterocycles. The highest BCUT2D eigenvalue weighted by molar-refractivity contribution is 7.15. The van der Waals surface area contributed by atoms with Crippen molar-refractivity contribution < 1.29 is 9.26 Å². The molecule has 128 valence electrons. The molecule has 0 saturated heterocycles. The Morgan fingerprint density at radius 1 is 1.42 bits per heavy atom. The van der Waals surface area contributed by atoms with Gasteiger partial charge in [0.1, 0.15) is 6.10 Å². The average molecular weight is 349 g/mol. The first kappa shape index (κ1) is 16.7. The fraction of sp³-hybridized carbons (Fsp3) is 0.467. The topological polar surface area (TPSA) is 85.8 Å². The molecule has 0 saturated carbocycles. The minimum absolute atomic E-state index is 0.0738. The Morgan fingerprint density at radius 3 is 3.04 bits per heavy atom. The van der Waals surface area contributed by atoms with Crippen molar-refractivity contribution in [2.45, 2.75) is 33.0 Å². The molecule has 0 bridgehead atoms. The van der Waals surface area contributed by atoms with Crippen molar-refractivity contribution in [1.29, 1.82) is 0 Å². The number of nitrogens with zero attached hydrogens (tertiary/aromatic N) is 5. The molecule has 0 N–H and O–H groups in total. The van der Waals surface area contributed by atoms with Crippen molar-refractivity contribution >= 4 is 16.3 Å². The number of fused-ring (bicyclic) bond motifs is 1. The molecule has 3 aromatic rings. The van der Waals surface area contributed by atoms with Gasteiger partial charge in [0.25, 0.3) is 5.56 Å². The molecule has 0 amide bonds. The Morgan fingerprint density at radius 2 is 2.25 bits per heavy atom. The van der Waals surface area contributed by atoms with Gasteiger partial charge in [-0.05, 0) is 20.9 Å². The third-order valence-corrected chi connectivity index (χ3v) is 4.21. The Balaban J connectivity index is 1.66. The summed E-state index contributed by atoms with van der Waals surface area (Å²) in [6.07, 6.45) is 1.53. The van der Waals surface area contributed by atoms with Gasteiger partial charge >= 0.3 is 0 Å². The number of aromatic nitrogens is 4. The standard InChI is InChI=1S/C15H19N5O3S/c1-4-22-10(2)14-17-12(23-18-14)9-19(3)8-11-7-13(21)20-5-6-24-15(20)16-11/h5-7,10H,4,8-9H2,1-3H3. The van der Waals surface area contributed by atoms with E-state index in [4.69, 9.17) is 9.26 Å². The van der Waals surface area contributed by atoms with E-state index in [9.17, 15) is 4.79 Å². The summed E-state index contributed by atoms with van der Waals surface area (Å²) in [5, 5.41) is 5.78. The van der Waals surface area contributed by atoms with Crippen LogP contribution in [0, 0.1) is 0 Å². The first-order valence-corrected chi connectivity index (χ1v) is 8.53. The summed E-state index contributed by atoms with van der Waals surface area (Å²) < 4.78 is 12.2. The fourth-order valence-corrected chi connectivity index (χ4v) is 3.09. The van der Waals surface area contributed by atoms with Crippen LogP contribution < -0.4 is 5.56 Å². The third-order valence-electron chi connectivity index (χ3n) is 3.46. The van der Waals surface area contributed by atoms with Gasteiger partial charge in [-0.2, -0.15) is 4.98 Å². The predicted molar refractivity (Wildman–Crippen MR) is 88.8 cm³/mol. The lowest BCUT2D eigenvalue weighted by Crippen LogP contribution is -2.21. The van der Waals surface area contributed by atoms with Gasteiger partial charge in [-0.25, -0.2) is 4.98 Å². The molecule has 9 heteroatoms. The largest absolute Gasteiger partial charge is 0.371 e. The van der Waals surface area contributed by atoms with Gasteiger partial charge in [0.05, 0.1) is 12.2 Å². The van der Waals surface area contributed by atoms with Crippen molar-refractivity contribution in [1.82, 2.24) is 24.4 Å². The highest BCUT2D eigenvalue weighted by atomic mass is 32.1. The van der Waals surface area contributed by atoms with Crippen LogP contribution in [0.4, 0.5) is 0 Å². The maximum Gasteiger partial charge on any atom is 0.258 e. The highest BCUT2D eigenvalue weighted by Gasteiger charge is 2.15. The van der Waals surface area contributed by atoms with E-state index in [1.807, 2.05) is 31.2 Å². The van der Waals surface area contributed by atoms with E-state index in [2.05, 4.69) is 15.1 Å². The van der Waals surface area contributed by atoms with Crippen LogP contribution in [0.3, 0.4) is 0 Å². The fourth-order valence-electron chi connectivity index (χ4n) is 2.35. The lowest BCUT2D eigenvalue weighted by Gasteiger charge is -2.13. The van der Waals surface area contributed by atoms with Crippen molar-refractivity contribution in [3.63, 3.8) is 0 Å². The Hall–Kier alpha value is -2.10. The van der Waals surface area contributed by atoms with Crippen LogP contribution in [-0.2, 0) is 17.8 Å². The normalized spacial score (nSPS) is 13.0. The van der Waals surface area contributed by atoms with E-state index < -0.39 is 0 Å². The summed E-state index contributed by atoms with van der Waals surface area (Å²) in [6.45, 7) is 5.39. The van der Waals surface area contributed by atoms with E-state index in [0.29, 0.717) is 42.1 Å². The number of rotatable bonds is 7. The lowest BCUT2D eigenvalue weighted by molar-refractivity contribution is 0.0683. The minimum atomic E-state index is -0.194. The number of hydrogen-bond acceptors (Lipinski definition) is 8. The lowest BCUT2D eigenvalue weighted by atomic mass is 10.3. The Bertz CT molecular complexity index is 871. The molecule has 3 aromatic heterocycles. The van der Waals surface area contributed by atoms with Crippen LogP contribution in [0.5, 0.6) is 0 Å². The predicted octanol–water partition coefficient (Wildman–Crippen LogP) is 1.87. The van der Waals surface area contributed by atoms with Gasteiger partial charge in [0.2, 0.25) is 5.89 Å². The van der Waals surface area contributed by atoms with Crippen LogP contribution in [0.1, 0.15) is 37.4 Å². The van der Waals surface area contributed by atoms with Crippen LogP contribution in [-0.4, -0.2) is 38.1 Å². The molecule has 8 nitrogen and oxygen atoms in total. The van der Waals surface area contributed by atoms with Crippen LogP contribution in [0.15, 0.2) is 27.0 Å². The molecule has 1 atom stereocenters. The van der Waals surface area contributed by atoms with E-state index in [1.54, 1.807) is 12.3 Å². The van der Waals surface area contributed by atoms with Crippen LogP contribution in [0.2, 0.25) is 0 Å².